The first-order chi connectivity index (χ1) is 33.9. The molecule has 0 aliphatic carbocycles. The number of benzene rings is 8. The van der Waals surface area contributed by atoms with Crippen LogP contribution >= 0.6 is 0 Å². The van der Waals surface area contributed by atoms with Crippen LogP contribution in [0.15, 0.2) is 158 Å². The number of aryl methyl sites for hydroxylation is 2. The summed E-state index contributed by atoms with van der Waals surface area (Å²) in [6.07, 6.45) is 0. The van der Waals surface area contributed by atoms with Crippen LogP contribution in [0.2, 0.25) is 0 Å². The highest BCUT2D eigenvalue weighted by atomic mass is 19.1. The normalized spacial score (nSPS) is 13.5. The summed E-state index contributed by atoms with van der Waals surface area (Å²) in [5, 5.41) is 0. The Balaban J connectivity index is 1.39. The van der Waals surface area contributed by atoms with Crippen LogP contribution in [0.5, 0.6) is 0 Å². The fourth-order valence-electron chi connectivity index (χ4n) is 10.6. The summed E-state index contributed by atoms with van der Waals surface area (Å²) in [5.74, 6) is -1.25. The third-order valence-corrected chi connectivity index (χ3v) is 14.9. The Morgan fingerprint density at radius 2 is 0.792 bits per heavy atom. The van der Waals surface area contributed by atoms with E-state index in [1.165, 1.54) is 33.8 Å². The number of hydrogen-bond donors (Lipinski definition) is 0. The summed E-state index contributed by atoms with van der Waals surface area (Å²) < 4.78 is 32.1. The van der Waals surface area contributed by atoms with E-state index in [9.17, 15) is 0 Å². The average molecular weight is 952 g/mol. The van der Waals surface area contributed by atoms with E-state index in [1.54, 1.807) is 6.07 Å². The van der Waals surface area contributed by atoms with E-state index >= 15 is 8.78 Å². The van der Waals surface area contributed by atoms with E-state index in [4.69, 9.17) is 0 Å². The molecule has 2 aliphatic rings. The van der Waals surface area contributed by atoms with E-state index in [0.29, 0.717) is 0 Å². The Morgan fingerprint density at radius 3 is 1.25 bits per heavy atom. The van der Waals surface area contributed by atoms with Crippen molar-refractivity contribution in [1.82, 2.24) is 0 Å². The van der Waals surface area contributed by atoms with Gasteiger partial charge < -0.3 is 14.7 Å². The standard InChI is InChI=1S/C66H68BF2N3/c1-41-15-27-49(28-16-41)70(50-29-17-42(2)18-30-50)51-39-60-62-61(40-51)72(59-37-47(66(12,13)14)23-31-52(59)43-19-21-44(22-20-43)63(3,4)5)57-33-25-46(65(9,10)11)36-54(57)67(62)53-35-45(64(6,7)8)24-32-56(53)71(60)58-34-26-48(68)38-55(58)69/h15-40H,1-14H3. The highest BCUT2D eigenvalue weighted by Crippen LogP contribution is 2.51. The SMILES string of the molecule is Cc1ccc(N(c2ccc(C)cc2)c2cc3c4c(c2)N(c2cc(C(C)(C)C)ccc2-c2ccc(C(C)(C)C)cc2)c2ccc(C(C)(C)C)cc2B4c2cc(C(C)(C)C)ccc2N3c2ccc(F)cc2F)cc1. The molecule has 0 fully saturated rings. The van der Waals surface area contributed by atoms with Gasteiger partial charge in [-0.05, 0) is 146 Å². The second-order valence-electron chi connectivity index (χ2n) is 24.5. The van der Waals surface area contributed by atoms with Gasteiger partial charge in [0.05, 0.1) is 17.1 Å². The molecule has 0 unspecified atom stereocenters. The molecule has 0 atom stereocenters. The van der Waals surface area contributed by atoms with E-state index in [1.807, 2.05) is 0 Å². The first-order valence-electron chi connectivity index (χ1n) is 25.6. The van der Waals surface area contributed by atoms with E-state index in [2.05, 4.69) is 251 Å². The van der Waals surface area contributed by atoms with Gasteiger partial charge >= 0.3 is 0 Å². The van der Waals surface area contributed by atoms with E-state index in [-0.39, 0.29) is 34.1 Å². The molecule has 10 rings (SSSR count). The molecule has 8 aromatic carbocycles. The number of fused-ring (bicyclic) bond motifs is 4. The molecule has 72 heavy (non-hydrogen) atoms. The highest BCUT2D eigenvalue weighted by Gasteiger charge is 2.46. The lowest BCUT2D eigenvalue weighted by molar-refractivity contribution is 0.584. The molecule has 6 heteroatoms. The molecule has 0 amide bonds. The monoisotopic (exact) mass is 952 g/mol. The maximum atomic E-state index is 17.0. The molecule has 0 radical (unpaired) electrons. The minimum absolute atomic E-state index is 0.0116. The molecule has 0 bridgehead atoms. The lowest BCUT2D eigenvalue weighted by Gasteiger charge is -2.46. The Kier molecular flexibility index (Phi) is 11.8. The molecule has 0 saturated carbocycles. The molecular weight excluding hydrogens is 884 g/mol. The van der Waals surface area contributed by atoms with Crippen molar-refractivity contribution < 1.29 is 8.78 Å². The third kappa shape index (κ3) is 8.71. The van der Waals surface area contributed by atoms with Crippen LogP contribution in [0.25, 0.3) is 11.1 Å². The molecular formula is C66H68BF2N3. The van der Waals surface area contributed by atoms with Crippen LogP contribution in [0, 0.1) is 25.5 Å². The summed E-state index contributed by atoms with van der Waals surface area (Å²) in [5.41, 5.74) is 20.2. The molecule has 364 valence electrons. The maximum absolute atomic E-state index is 17.0. The van der Waals surface area contributed by atoms with E-state index < -0.39 is 11.6 Å². The van der Waals surface area contributed by atoms with Crippen LogP contribution in [-0.4, -0.2) is 6.71 Å². The molecule has 3 nitrogen and oxygen atoms in total. The smallest absolute Gasteiger partial charge is 0.252 e. The maximum Gasteiger partial charge on any atom is 0.252 e. The van der Waals surface area contributed by atoms with Crippen molar-refractivity contribution in [2.75, 3.05) is 14.7 Å². The van der Waals surface area contributed by atoms with Gasteiger partial charge in [0.15, 0.2) is 0 Å². The molecule has 0 spiro atoms. The lowest BCUT2D eigenvalue weighted by Crippen LogP contribution is -2.61. The van der Waals surface area contributed by atoms with Crippen LogP contribution in [-0.2, 0) is 21.7 Å². The zero-order chi connectivity index (χ0) is 51.4. The van der Waals surface area contributed by atoms with Gasteiger partial charge in [-0.2, -0.15) is 0 Å². The van der Waals surface area contributed by atoms with Gasteiger partial charge in [-0.1, -0.05) is 179 Å². The first kappa shape index (κ1) is 48.7. The van der Waals surface area contributed by atoms with Gasteiger partial charge in [0.2, 0.25) is 0 Å². The molecule has 0 saturated heterocycles. The molecule has 0 aromatic heterocycles. The highest BCUT2D eigenvalue weighted by molar-refractivity contribution is 7.00. The van der Waals surface area contributed by atoms with Crippen molar-refractivity contribution in [3.05, 3.63) is 203 Å². The van der Waals surface area contributed by atoms with Crippen LogP contribution in [0.1, 0.15) is 116 Å². The second kappa shape index (κ2) is 17.4. The number of rotatable bonds is 6. The topological polar surface area (TPSA) is 9.72 Å². The van der Waals surface area contributed by atoms with Crippen molar-refractivity contribution in [2.24, 2.45) is 0 Å². The summed E-state index contributed by atoms with van der Waals surface area (Å²) in [7, 11) is 0. The van der Waals surface area contributed by atoms with Crippen molar-refractivity contribution in [3.8, 4) is 11.1 Å². The van der Waals surface area contributed by atoms with Gasteiger partial charge in [-0.3, -0.25) is 0 Å². The minimum Gasteiger partial charge on any atom is -0.311 e. The van der Waals surface area contributed by atoms with Crippen molar-refractivity contribution in [2.45, 2.75) is 119 Å². The molecule has 8 aromatic rings. The van der Waals surface area contributed by atoms with Gasteiger partial charge in [-0.15, -0.1) is 0 Å². The Labute approximate surface area is 428 Å². The zero-order valence-corrected chi connectivity index (χ0v) is 44.7. The number of halogens is 2. The first-order valence-corrected chi connectivity index (χ1v) is 25.6. The molecule has 2 heterocycles. The van der Waals surface area contributed by atoms with Gasteiger partial charge in [0.25, 0.3) is 6.71 Å². The lowest BCUT2D eigenvalue weighted by atomic mass is 9.33. The fraction of sp³-hybridized carbons (Fsp3) is 0.273. The molecule has 2 aliphatic heterocycles. The van der Waals surface area contributed by atoms with Gasteiger partial charge in [0.1, 0.15) is 11.6 Å². The molecule has 0 N–H and O–H groups in total. The predicted octanol–water partition coefficient (Wildman–Crippen LogP) is 17.0. The fourth-order valence-corrected chi connectivity index (χ4v) is 10.6. The van der Waals surface area contributed by atoms with Crippen molar-refractivity contribution in [1.29, 1.82) is 0 Å². The Bertz CT molecular complexity index is 3340. The summed E-state index contributed by atoms with van der Waals surface area (Å²) in [6, 6.07) is 55.8. The quantitative estimate of drug-likeness (QED) is 0.154. The second-order valence-corrected chi connectivity index (χ2v) is 24.5. The Hall–Kier alpha value is -6.92. The van der Waals surface area contributed by atoms with Crippen molar-refractivity contribution >= 4 is 74.3 Å². The minimum atomic E-state index is -0.630. The number of nitrogens with zero attached hydrogens (tertiary/aromatic N) is 3. The largest absolute Gasteiger partial charge is 0.311 e. The zero-order valence-electron chi connectivity index (χ0n) is 44.7. The average Bonchev–Trinajstić information content (AvgIpc) is 3.31. The van der Waals surface area contributed by atoms with Gasteiger partial charge in [0, 0.05) is 45.8 Å². The number of hydrogen-bond acceptors (Lipinski definition) is 3. The predicted molar refractivity (Wildman–Crippen MR) is 305 cm³/mol. The Morgan fingerprint density at radius 1 is 0.375 bits per heavy atom. The van der Waals surface area contributed by atoms with Crippen LogP contribution in [0.4, 0.5) is 60.0 Å². The van der Waals surface area contributed by atoms with E-state index in [0.717, 1.165) is 84.7 Å². The van der Waals surface area contributed by atoms with Gasteiger partial charge in [-0.25, -0.2) is 8.78 Å². The summed E-state index contributed by atoms with van der Waals surface area (Å²) in [6.45, 7) is 31.2. The number of anilines is 9. The summed E-state index contributed by atoms with van der Waals surface area (Å²) in [4.78, 5) is 6.88. The summed E-state index contributed by atoms with van der Waals surface area (Å²) >= 11 is 0. The van der Waals surface area contributed by atoms with Crippen LogP contribution < -0.4 is 31.1 Å². The van der Waals surface area contributed by atoms with Crippen molar-refractivity contribution in [3.63, 3.8) is 0 Å². The third-order valence-electron chi connectivity index (χ3n) is 14.9. The van der Waals surface area contributed by atoms with Crippen LogP contribution in [0.3, 0.4) is 0 Å².